The molecule has 2 aromatic heterocycles. The van der Waals surface area contributed by atoms with Crippen LogP contribution in [0.15, 0.2) is 46.9 Å². The number of hydrogen-bond acceptors (Lipinski definition) is 5. The summed E-state index contributed by atoms with van der Waals surface area (Å²) in [5.74, 6) is 1.21. The summed E-state index contributed by atoms with van der Waals surface area (Å²) in [4.78, 5) is 16.4. The van der Waals surface area contributed by atoms with Crippen LogP contribution in [0.2, 0.25) is 0 Å². The van der Waals surface area contributed by atoms with Gasteiger partial charge in [0.2, 0.25) is 5.91 Å². The van der Waals surface area contributed by atoms with E-state index in [1.165, 1.54) is 28.8 Å². The molecule has 1 aromatic carbocycles. The van der Waals surface area contributed by atoms with E-state index in [2.05, 4.69) is 56.5 Å². The molecular weight excluding hydrogens is 400 g/mol. The summed E-state index contributed by atoms with van der Waals surface area (Å²) in [7, 11) is 0. The van der Waals surface area contributed by atoms with Gasteiger partial charge in [0.05, 0.1) is 5.25 Å². The van der Waals surface area contributed by atoms with Gasteiger partial charge in [-0.05, 0) is 48.8 Å². The van der Waals surface area contributed by atoms with Crippen molar-refractivity contribution in [2.24, 2.45) is 0 Å². The third-order valence-electron chi connectivity index (χ3n) is 5.63. The van der Waals surface area contributed by atoms with E-state index >= 15 is 0 Å². The van der Waals surface area contributed by atoms with E-state index in [4.69, 9.17) is 0 Å². The highest BCUT2D eigenvalue weighted by atomic mass is 32.2. The molecule has 0 N–H and O–H groups in total. The molecule has 1 aliphatic carbocycles. The standard InChI is InChI=1S/C22H24N4OS2/c1-15(21(27)25-11-10-16-5-2-3-6-17(16)14-25)29-22-24-23-20(26(22)18-8-9-18)13-19-7-4-12-28-19/h2-7,12,15,18H,8-11,13-14H2,1H3/t15-/m0/s1. The highest BCUT2D eigenvalue weighted by Gasteiger charge is 2.32. The molecule has 2 aliphatic rings. The van der Waals surface area contributed by atoms with Crippen molar-refractivity contribution in [3.63, 3.8) is 0 Å². The Hall–Kier alpha value is -2.12. The first-order chi connectivity index (χ1) is 14.2. The molecule has 1 aliphatic heterocycles. The van der Waals surface area contributed by atoms with E-state index in [0.29, 0.717) is 12.6 Å². The van der Waals surface area contributed by atoms with Crippen molar-refractivity contribution in [1.29, 1.82) is 0 Å². The van der Waals surface area contributed by atoms with Gasteiger partial charge in [0.1, 0.15) is 5.82 Å². The molecule has 0 saturated heterocycles. The van der Waals surface area contributed by atoms with Gasteiger partial charge < -0.3 is 9.47 Å². The summed E-state index contributed by atoms with van der Waals surface area (Å²) in [5, 5.41) is 11.8. The van der Waals surface area contributed by atoms with E-state index in [1.807, 2.05) is 11.8 Å². The quantitative estimate of drug-likeness (QED) is 0.553. The minimum atomic E-state index is -0.170. The van der Waals surface area contributed by atoms with Crippen molar-refractivity contribution >= 4 is 29.0 Å². The smallest absolute Gasteiger partial charge is 0.236 e. The number of amides is 1. The van der Waals surface area contributed by atoms with Crippen molar-refractivity contribution in [2.45, 2.75) is 55.6 Å². The lowest BCUT2D eigenvalue weighted by molar-refractivity contribution is -0.131. The molecular formula is C22H24N4OS2. The predicted molar refractivity (Wildman–Crippen MR) is 116 cm³/mol. The fourth-order valence-electron chi connectivity index (χ4n) is 3.93. The van der Waals surface area contributed by atoms with Crippen molar-refractivity contribution < 1.29 is 4.79 Å². The van der Waals surface area contributed by atoms with Crippen LogP contribution in [0.3, 0.4) is 0 Å². The van der Waals surface area contributed by atoms with Crippen LogP contribution in [0.1, 0.15) is 47.6 Å². The average Bonchev–Trinajstić information content (AvgIpc) is 3.30. The number of benzene rings is 1. The normalized spacial score (nSPS) is 17.2. The number of nitrogens with zero attached hydrogens (tertiary/aromatic N) is 4. The maximum absolute atomic E-state index is 13.1. The summed E-state index contributed by atoms with van der Waals surface area (Å²) in [5.41, 5.74) is 2.63. The first kappa shape index (κ1) is 18.9. The monoisotopic (exact) mass is 424 g/mol. The van der Waals surface area contributed by atoms with Crippen LogP contribution in [-0.4, -0.2) is 37.4 Å². The van der Waals surface area contributed by atoms with E-state index in [-0.39, 0.29) is 11.2 Å². The third-order valence-corrected chi connectivity index (χ3v) is 7.55. The first-order valence-corrected chi connectivity index (χ1v) is 11.9. The van der Waals surface area contributed by atoms with Gasteiger partial charge in [0.15, 0.2) is 5.16 Å². The SMILES string of the molecule is C[C@H](Sc1nnc(Cc2cccs2)n1C1CC1)C(=O)N1CCc2ccccc2C1. The zero-order chi connectivity index (χ0) is 19.8. The molecule has 1 amide bonds. The van der Waals surface area contributed by atoms with Crippen LogP contribution in [0.5, 0.6) is 0 Å². The molecule has 7 heteroatoms. The summed E-state index contributed by atoms with van der Waals surface area (Å²) in [6.45, 7) is 3.50. The molecule has 5 nitrogen and oxygen atoms in total. The van der Waals surface area contributed by atoms with Crippen LogP contribution in [0.4, 0.5) is 0 Å². The van der Waals surface area contributed by atoms with Crippen LogP contribution in [-0.2, 0) is 24.2 Å². The Bertz CT molecular complexity index is 1010. The average molecular weight is 425 g/mol. The Morgan fingerprint density at radius 1 is 1.21 bits per heavy atom. The van der Waals surface area contributed by atoms with E-state index < -0.39 is 0 Å². The number of rotatable bonds is 6. The number of thiophene rings is 1. The number of thioether (sulfide) groups is 1. The summed E-state index contributed by atoms with van der Waals surface area (Å²) in [6, 6.07) is 13.1. The zero-order valence-electron chi connectivity index (χ0n) is 16.5. The van der Waals surface area contributed by atoms with Gasteiger partial charge in [-0.1, -0.05) is 42.1 Å². The number of carbonyl (C=O) groups excluding carboxylic acids is 1. The molecule has 1 saturated carbocycles. The van der Waals surface area contributed by atoms with Crippen LogP contribution in [0.25, 0.3) is 0 Å². The Balaban J connectivity index is 1.30. The van der Waals surface area contributed by atoms with Gasteiger partial charge in [0.25, 0.3) is 0 Å². The maximum Gasteiger partial charge on any atom is 0.236 e. The molecule has 29 heavy (non-hydrogen) atoms. The van der Waals surface area contributed by atoms with Crippen LogP contribution in [0, 0.1) is 0 Å². The van der Waals surface area contributed by atoms with Crippen molar-refractivity contribution in [1.82, 2.24) is 19.7 Å². The van der Waals surface area contributed by atoms with Gasteiger partial charge in [-0.25, -0.2) is 0 Å². The van der Waals surface area contributed by atoms with Gasteiger partial charge in [0, 0.05) is 30.4 Å². The predicted octanol–water partition coefficient (Wildman–Crippen LogP) is 4.33. The van der Waals surface area contributed by atoms with Crippen LogP contribution < -0.4 is 0 Å². The van der Waals surface area contributed by atoms with Gasteiger partial charge >= 0.3 is 0 Å². The Kier molecular flexibility index (Phi) is 5.18. The largest absolute Gasteiger partial charge is 0.337 e. The molecule has 3 heterocycles. The molecule has 5 rings (SSSR count). The summed E-state index contributed by atoms with van der Waals surface area (Å²) >= 11 is 3.31. The van der Waals surface area contributed by atoms with Gasteiger partial charge in [-0.2, -0.15) is 0 Å². The summed E-state index contributed by atoms with van der Waals surface area (Å²) < 4.78 is 2.28. The van der Waals surface area contributed by atoms with Crippen molar-refractivity contribution in [2.75, 3.05) is 6.54 Å². The van der Waals surface area contributed by atoms with Gasteiger partial charge in [-0.15, -0.1) is 21.5 Å². The highest BCUT2D eigenvalue weighted by molar-refractivity contribution is 8.00. The second-order valence-corrected chi connectivity index (χ2v) is 10.1. The number of carbonyl (C=O) groups is 1. The summed E-state index contributed by atoms with van der Waals surface area (Å²) in [6.07, 6.45) is 4.10. The third kappa shape index (κ3) is 3.98. The van der Waals surface area contributed by atoms with Crippen molar-refractivity contribution in [3.8, 4) is 0 Å². The Morgan fingerprint density at radius 2 is 2.03 bits per heavy atom. The van der Waals surface area contributed by atoms with Crippen LogP contribution >= 0.6 is 23.1 Å². The molecule has 1 atom stereocenters. The van der Waals surface area contributed by atoms with E-state index in [1.54, 1.807) is 23.1 Å². The first-order valence-electron chi connectivity index (χ1n) is 10.2. The molecule has 3 aromatic rings. The molecule has 1 fully saturated rings. The number of aromatic nitrogens is 3. The number of fused-ring (bicyclic) bond motifs is 1. The second-order valence-electron chi connectivity index (χ2n) is 7.79. The lowest BCUT2D eigenvalue weighted by Crippen LogP contribution is -2.40. The van der Waals surface area contributed by atoms with Gasteiger partial charge in [-0.3, -0.25) is 4.79 Å². The Labute approximate surface area is 179 Å². The second kappa shape index (κ2) is 7.95. The lowest BCUT2D eigenvalue weighted by Gasteiger charge is -2.30. The highest BCUT2D eigenvalue weighted by Crippen LogP contribution is 2.40. The maximum atomic E-state index is 13.1. The molecule has 0 bridgehead atoms. The fraction of sp³-hybridized carbons (Fsp3) is 0.409. The lowest BCUT2D eigenvalue weighted by atomic mass is 10.00. The van der Waals surface area contributed by atoms with E-state index in [0.717, 1.165) is 30.4 Å². The fourth-order valence-corrected chi connectivity index (χ4v) is 5.65. The molecule has 0 unspecified atom stereocenters. The molecule has 150 valence electrons. The van der Waals surface area contributed by atoms with Crippen molar-refractivity contribution in [3.05, 3.63) is 63.6 Å². The number of hydrogen-bond donors (Lipinski definition) is 0. The van der Waals surface area contributed by atoms with E-state index in [9.17, 15) is 4.79 Å². The minimum Gasteiger partial charge on any atom is -0.337 e. The topological polar surface area (TPSA) is 51.0 Å². The zero-order valence-corrected chi connectivity index (χ0v) is 18.1. The molecule has 0 radical (unpaired) electrons. The Morgan fingerprint density at radius 3 is 2.79 bits per heavy atom. The minimum absolute atomic E-state index is 0.170. The molecule has 0 spiro atoms.